The molecule has 0 spiro atoms. The number of halogens is 1. The Kier molecular flexibility index (Phi) is 7.32. The highest BCUT2D eigenvalue weighted by Crippen LogP contribution is 2.24. The van der Waals surface area contributed by atoms with Crippen LogP contribution >= 0.6 is 15.9 Å². The molecular weight excluding hydrogens is 294 g/mol. The molecule has 0 aromatic heterocycles. The molecular formula is C14H22BrNO2. The third kappa shape index (κ3) is 5.38. The lowest BCUT2D eigenvalue weighted by Gasteiger charge is -2.13. The van der Waals surface area contributed by atoms with Gasteiger partial charge in [0.05, 0.1) is 13.2 Å². The SMILES string of the molecule is COCCOCCCNc1c(C)cc(Br)cc1C. The molecule has 0 fully saturated rings. The van der Waals surface area contributed by atoms with Gasteiger partial charge in [-0.1, -0.05) is 15.9 Å². The fourth-order valence-electron chi connectivity index (χ4n) is 1.82. The normalized spacial score (nSPS) is 10.7. The largest absolute Gasteiger partial charge is 0.385 e. The average molecular weight is 316 g/mol. The Balaban J connectivity index is 2.27. The first kappa shape index (κ1) is 15.5. The van der Waals surface area contributed by atoms with Crippen molar-refractivity contribution in [1.29, 1.82) is 0 Å². The van der Waals surface area contributed by atoms with Crippen LogP contribution in [0.15, 0.2) is 16.6 Å². The molecule has 0 aliphatic heterocycles. The molecule has 0 unspecified atom stereocenters. The Morgan fingerprint density at radius 3 is 2.39 bits per heavy atom. The molecule has 3 nitrogen and oxygen atoms in total. The highest BCUT2D eigenvalue weighted by Gasteiger charge is 2.03. The van der Waals surface area contributed by atoms with Gasteiger partial charge >= 0.3 is 0 Å². The Morgan fingerprint density at radius 1 is 1.11 bits per heavy atom. The van der Waals surface area contributed by atoms with Crippen LogP contribution in [0.25, 0.3) is 0 Å². The lowest BCUT2D eigenvalue weighted by molar-refractivity contribution is 0.0705. The van der Waals surface area contributed by atoms with E-state index in [1.807, 2.05) is 0 Å². The highest BCUT2D eigenvalue weighted by atomic mass is 79.9. The minimum absolute atomic E-state index is 0.665. The molecule has 1 N–H and O–H groups in total. The summed E-state index contributed by atoms with van der Waals surface area (Å²) in [5.74, 6) is 0. The van der Waals surface area contributed by atoms with E-state index in [2.05, 4.69) is 47.2 Å². The third-order valence-electron chi connectivity index (χ3n) is 2.70. The zero-order valence-corrected chi connectivity index (χ0v) is 13.0. The quantitative estimate of drug-likeness (QED) is 0.744. The summed E-state index contributed by atoms with van der Waals surface area (Å²) < 4.78 is 11.5. The number of rotatable bonds is 8. The molecule has 0 aliphatic rings. The number of benzene rings is 1. The van der Waals surface area contributed by atoms with Crippen LogP contribution in [0.4, 0.5) is 5.69 Å². The van der Waals surface area contributed by atoms with Gasteiger partial charge in [-0.3, -0.25) is 0 Å². The van der Waals surface area contributed by atoms with Crippen LogP contribution < -0.4 is 5.32 Å². The summed E-state index contributed by atoms with van der Waals surface area (Å²) in [6.45, 7) is 7.27. The first-order chi connectivity index (χ1) is 8.65. The molecule has 0 saturated carbocycles. The van der Waals surface area contributed by atoms with Crippen molar-refractivity contribution in [2.75, 3.05) is 38.8 Å². The van der Waals surface area contributed by atoms with Gasteiger partial charge in [-0.25, -0.2) is 0 Å². The fourth-order valence-corrected chi connectivity index (χ4v) is 2.51. The van der Waals surface area contributed by atoms with Gasteiger partial charge in [0.15, 0.2) is 0 Å². The third-order valence-corrected chi connectivity index (χ3v) is 3.15. The summed E-state index contributed by atoms with van der Waals surface area (Å²) in [5.41, 5.74) is 3.76. The van der Waals surface area contributed by atoms with Crippen LogP contribution in [0, 0.1) is 13.8 Å². The van der Waals surface area contributed by atoms with E-state index in [9.17, 15) is 0 Å². The van der Waals surface area contributed by atoms with Gasteiger partial charge < -0.3 is 14.8 Å². The molecule has 0 aliphatic carbocycles. The van der Waals surface area contributed by atoms with E-state index in [0.717, 1.165) is 24.0 Å². The van der Waals surface area contributed by atoms with Crippen LogP contribution in [0.3, 0.4) is 0 Å². The second kappa shape index (κ2) is 8.51. The van der Waals surface area contributed by atoms with Gasteiger partial charge in [0, 0.05) is 30.4 Å². The molecule has 1 aromatic rings. The van der Waals surface area contributed by atoms with Crippen molar-refractivity contribution in [2.45, 2.75) is 20.3 Å². The molecule has 1 aromatic carbocycles. The van der Waals surface area contributed by atoms with Crippen molar-refractivity contribution in [3.8, 4) is 0 Å². The molecule has 1 rings (SSSR count). The maximum atomic E-state index is 5.42. The van der Waals surface area contributed by atoms with Crippen LogP contribution in [0.1, 0.15) is 17.5 Å². The molecule has 0 atom stereocenters. The summed E-state index contributed by atoms with van der Waals surface area (Å²) in [6, 6.07) is 4.26. The number of hydrogen-bond donors (Lipinski definition) is 1. The first-order valence-corrected chi connectivity index (χ1v) is 7.01. The van der Waals surface area contributed by atoms with Crippen molar-refractivity contribution in [3.05, 3.63) is 27.7 Å². The number of nitrogens with one attached hydrogen (secondary N) is 1. The van der Waals surface area contributed by atoms with Crippen molar-refractivity contribution >= 4 is 21.6 Å². The van der Waals surface area contributed by atoms with Crippen LogP contribution in [0.5, 0.6) is 0 Å². The zero-order chi connectivity index (χ0) is 13.4. The van der Waals surface area contributed by atoms with E-state index in [0.29, 0.717) is 13.2 Å². The van der Waals surface area contributed by atoms with Crippen LogP contribution in [-0.2, 0) is 9.47 Å². The molecule has 0 radical (unpaired) electrons. The molecule has 4 heteroatoms. The minimum atomic E-state index is 0.665. The van der Waals surface area contributed by atoms with Crippen molar-refractivity contribution < 1.29 is 9.47 Å². The summed E-state index contributed by atoms with van der Waals surface area (Å²) in [5, 5.41) is 3.47. The van der Waals surface area contributed by atoms with Gasteiger partial charge in [-0.2, -0.15) is 0 Å². The van der Waals surface area contributed by atoms with Gasteiger partial charge in [0.25, 0.3) is 0 Å². The van der Waals surface area contributed by atoms with Crippen LogP contribution in [0.2, 0.25) is 0 Å². The Hall–Kier alpha value is -0.580. The zero-order valence-electron chi connectivity index (χ0n) is 11.4. The van der Waals surface area contributed by atoms with Crippen LogP contribution in [-0.4, -0.2) is 33.5 Å². The number of methoxy groups -OCH3 is 1. The fraction of sp³-hybridized carbons (Fsp3) is 0.571. The Morgan fingerprint density at radius 2 is 1.78 bits per heavy atom. The Labute approximate surface area is 118 Å². The highest BCUT2D eigenvalue weighted by molar-refractivity contribution is 9.10. The molecule has 0 heterocycles. The standard InChI is InChI=1S/C14H22BrNO2/c1-11-9-13(15)10-12(2)14(11)16-5-4-6-18-8-7-17-3/h9-10,16H,4-8H2,1-3H3. The number of ether oxygens (including phenoxy) is 2. The second-order valence-corrected chi connectivity index (χ2v) is 5.22. The number of aryl methyl sites for hydroxylation is 2. The van der Waals surface area contributed by atoms with E-state index in [1.54, 1.807) is 7.11 Å². The number of hydrogen-bond acceptors (Lipinski definition) is 3. The van der Waals surface area contributed by atoms with Gasteiger partial charge in [-0.05, 0) is 43.5 Å². The van der Waals surface area contributed by atoms with Crippen molar-refractivity contribution in [3.63, 3.8) is 0 Å². The molecule has 102 valence electrons. The summed E-state index contributed by atoms with van der Waals surface area (Å²) in [6.07, 6.45) is 0.999. The second-order valence-electron chi connectivity index (χ2n) is 4.30. The number of anilines is 1. The van der Waals surface area contributed by atoms with E-state index in [4.69, 9.17) is 9.47 Å². The van der Waals surface area contributed by atoms with Crippen molar-refractivity contribution in [2.24, 2.45) is 0 Å². The first-order valence-electron chi connectivity index (χ1n) is 6.22. The van der Waals surface area contributed by atoms with E-state index in [-0.39, 0.29) is 0 Å². The lowest BCUT2D eigenvalue weighted by atomic mass is 10.1. The minimum Gasteiger partial charge on any atom is -0.385 e. The molecule has 0 bridgehead atoms. The molecule has 0 amide bonds. The maximum Gasteiger partial charge on any atom is 0.0700 e. The van der Waals surface area contributed by atoms with Gasteiger partial charge in [-0.15, -0.1) is 0 Å². The van der Waals surface area contributed by atoms with E-state index < -0.39 is 0 Å². The van der Waals surface area contributed by atoms with E-state index >= 15 is 0 Å². The predicted octanol–water partition coefficient (Wildman–Crippen LogP) is 3.53. The van der Waals surface area contributed by atoms with E-state index in [1.165, 1.54) is 16.8 Å². The lowest BCUT2D eigenvalue weighted by Crippen LogP contribution is -2.09. The monoisotopic (exact) mass is 315 g/mol. The van der Waals surface area contributed by atoms with Gasteiger partial charge in [0.2, 0.25) is 0 Å². The predicted molar refractivity (Wildman–Crippen MR) is 79.4 cm³/mol. The summed E-state index contributed by atoms with van der Waals surface area (Å²) in [4.78, 5) is 0. The topological polar surface area (TPSA) is 30.5 Å². The molecule has 18 heavy (non-hydrogen) atoms. The molecule has 0 saturated heterocycles. The van der Waals surface area contributed by atoms with Crippen molar-refractivity contribution in [1.82, 2.24) is 0 Å². The van der Waals surface area contributed by atoms with Gasteiger partial charge in [0.1, 0.15) is 0 Å². The summed E-state index contributed by atoms with van der Waals surface area (Å²) >= 11 is 3.50. The average Bonchev–Trinajstić information content (AvgIpc) is 2.30. The Bertz CT molecular complexity index is 346. The summed E-state index contributed by atoms with van der Waals surface area (Å²) in [7, 11) is 1.68. The maximum absolute atomic E-state index is 5.42. The smallest absolute Gasteiger partial charge is 0.0700 e.